The van der Waals surface area contributed by atoms with Gasteiger partial charge in [-0.2, -0.15) is 8.42 Å². The summed E-state index contributed by atoms with van der Waals surface area (Å²) < 4.78 is 48.0. The first-order chi connectivity index (χ1) is 8.70. The second-order valence-electron chi connectivity index (χ2n) is 4.06. The van der Waals surface area contributed by atoms with Crippen LogP contribution in [0.2, 0.25) is 0 Å². The molecule has 1 aromatic carbocycles. The molecule has 104 valence electrons. The number of anilines is 1. The van der Waals surface area contributed by atoms with E-state index >= 15 is 0 Å². The van der Waals surface area contributed by atoms with Gasteiger partial charge in [-0.1, -0.05) is 15.9 Å². The van der Waals surface area contributed by atoms with E-state index in [2.05, 4.69) is 15.9 Å². The summed E-state index contributed by atoms with van der Waals surface area (Å²) in [4.78, 5) is 12.5. The van der Waals surface area contributed by atoms with Gasteiger partial charge in [0.05, 0.1) is 5.69 Å². The van der Waals surface area contributed by atoms with Crippen LogP contribution in [0.25, 0.3) is 0 Å². The molecule has 0 bridgehead atoms. The van der Waals surface area contributed by atoms with Crippen LogP contribution in [0.3, 0.4) is 0 Å². The van der Waals surface area contributed by atoms with Crippen LogP contribution in [0.1, 0.15) is 6.42 Å². The molecule has 1 amide bonds. The van der Waals surface area contributed by atoms with Gasteiger partial charge in [-0.15, -0.1) is 3.89 Å². The molecule has 1 N–H and O–H groups in total. The van der Waals surface area contributed by atoms with Crippen molar-refractivity contribution in [3.05, 3.63) is 22.4 Å². The highest BCUT2D eigenvalue weighted by molar-refractivity contribution is 9.10. The number of hydrogen-bond acceptors (Lipinski definition) is 4. The number of carbonyl (C=O) groups is 1. The average molecular weight is 356 g/mol. The number of carbonyl (C=O) groups excluding carboxylic acids is 1. The van der Waals surface area contributed by atoms with Gasteiger partial charge in [-0.3, -0.25) is 4.79 Å². The molecular weight excluding hydrogens is 348 g/mol. The van der Waals surface area contributed by atoms with Crippen LogP contribution in [0.4, 0.5) is 14.0 Å². The topological polar surface area (TPSA) is 74.7 Å². The molecule has 0 aliphatic carbocycles. The summed E-state index contributed by atoms with van der Waals surface area (Å²) in [6.45, 7) is -0.457. The highest BCUT2D eigenvalue weighted by Gasteiger charge is 2.40. The van der Waals surface area contributed by atoms with Crippen molar-refractivity contribution in [1.82, 2.24) is 0 Å². The first-order valence-electron chi connectivity index (χ1n) is 5.12. The molecule has 2 rings (SSSR count). The van der Waals surface area contributed by atoms with Gasteiger partial charge < -0.3 is 10.0 Å². The number of aromatic hydroxyl groups is 1. The van der Waals surface area contributed by atoms with Crippen molar-refractivity contribution in [1.29, 1.82) is 0 Å². The van der Waals surface area contributed by atoms with Crippen molar-refractivity contribution >= 4 is 37.7 Å². The molecule has 1 aliphatic heterocycles. The van der Waals surface area contributed by atoms with Crippen molar-refractivity contribution in [3.8, 4) is 5.75 Å². The van der Waals surface area contributed by atoms with Crippen LogP contribution in [0.5, 0.6) is 5.75 Å². The van der Waals surface area contributed by atoms with Crippen molar-refractivity contribution in [2.75, 3.05) is 11.4 Å². The zero-order chi connectivity index (χ0) is 14.4. The fourth-order valence-electron chi connectivity index (χ4n) is 1.85. The zero-order valence-electron chi connectivity index (χ0n) is 9.31. The van der Waals surface area contributed by atoms with Gasteiger partial charge in [-0.05, 0) is 12.1 Å². The molecule has 5 nitrogen and oxygen atoms in total. The summed E-state index contributed by atoms with van der Waals surface area (Å²) in [5.74, 6) is -2.45. The third-order valence-electron chi connectivity index (χ3n) is 2.79. The first kappa shape index (κ1) is 14.2. The van der Waals surface area contributed by atoms with E-state index < -0.39 is 45.9 Å². The van der Waals surface area contributed by atoms with Crippen LogP contribution < -0.4 is 4.90 Å². The van der Waals surface area contributed by atoms with Crippen molar-refractivity contribution < 1.29 is 26.6 Å². The summed E-state index contributed by atoms with van der Waals surface area (Å²) in [6, 6.07) is 2.24. The van der Waals surface area contributed by atoms with Gasteiger partial charge in [0.15, 0.2) is 11.6 Å². The molecule has 1 atom stereocenters. The predicted octanol–water partition coefficient (Wildman–Crippen LogP) is 1.70. The molecule has 0 saturated carbocycles. The highest BCUT2D eigenvalue weighted by Crippen LogP contribution is 2.36. The molecule has 1 fully saturated rings. The number of hydrogen-bond donors (Lipinski definition) is 1. The molecule has 1 aliphatic rings. The van der Waals surface area contributed by atoms with Crippen molar-refractivity contribution in [2.45, 2.75) is 11.7 Å². The van der Waals surface area contributed by atoms with E-state index in [0.717, 1.165) is 11.0 Å². The summed E-state index contributed by atoms with van der Waals surface area (Å²) in [6.07, 6.45) is -0.535. The van der Waals surface area contributed by atoms with E-state index in [1.807, 2.05) is 0 Å². The molecule has 1 saturated heterocycles. The summed E-state index contributed by atoms with van der Waals surface area (Å²) >= 11 is 2.99. The van der Waals surface area contributed by atoms with Crippen LogP contribution >= 0.6 is 15.9 Å². The Hall–Kier alpha value is -1.22. The number of phenols is 1. The average Bonchev–Trinajstić information content (AvgIpc) is 2.65. The molecule has 9 heteroatoms. The van der Waals surface area contributed by atoms with Gasteiger partial charge in [0.2, 0.25) is 5.91 Å². The van der Waals surface area contributed by atoms with Crippen LogP contribution in [-0.2, 0) is 15.0 Å². The van der Waals surface area contributed by atoms with Gasteiger partial charge >= 0.3 is 10.2 Å². The zero-order valence-corrected chi connectivity index (χ0v) is 11.7. The molecule has 0 spiro atoms. The second-order valence-corrected chi connectivity index (χ2v) is 6.59. The second kappa shape index (κ2) is 4.71. The van der Waals surface area contributed by atoms with E-state index in [1.54, 1.807) is 0 Å². The number of rotatable bonds is 2. The normalized spacial score (nSPS) is 20.1. The Morgan fingerprint density at radius 2 is 2.05 bits per heavy atom. The summed E-state index contributed by atoms with van der Waals surface area (Å²) in [7, 11) is -4.86. The Balaban J connectivity index is 2.41. The third-order valence-corrected chi connectivity index (χ3v) is 4.36. The third kappa shape index (κ3) is 2.71. The SMILES string of the molecule is O=C1CC(S(=O)(=O)F)CN1c1cc(Br)cc(F)c1O. The van der Waals surface area contributed by atoms with E-state index in [0.29, 0.717) is 0 Å². The first-order valence-corrected chi connectivity index (χ1v) is 7.36. The molecule has 1 unspecified atom stereocenters. The Bertz CT molecular complexity index is 649. The number of nitrogens with zero attached hydrogens (tertiary/aromatic N) is 1. The maximum Gasteiger partial charge on any atom is 0.307 e. The maximum absolute atomic E-state index is 13.3. The number of benzene rings is 1. The van der Waals surface area contributed by atoms with Crippen LogP contribution in [0.15, 0.2) is 16.6 Å². The molecule has 19 heavy (non-hydrogen) atoms. The Morgan fingerprint density at radius 3 is 2.58 bits per heavy atom. The van der Waals surface area contributed by atoms with Crippen molar-refractivity contribution in [3.63, 3.8) is 0 Å². The lowest BCUT2D eigenvalue weighted by Gasteiger charge is -2.18. The van der Waals surface area contributed by atoms with Gasteiger partial charge in [0, 0.05) is 17.4 Å². The molecule has 1 heterocycles. The van der Waals surface area contributed by atoms with Gasteiger partial charge in [0.1, 0.15) is 5.25 Å². The number of amides is 1. The predicted molar refractivity (Wildman–Crippen MR) is 66.6 cm³/mol. The van der Waals surface area contributed by atoms with E-state index in [4.69, 9.17) is 0 Å². The highest BCUT2D eigenvalue weighted by atomic mass is 79.9. The monoisotopic (exact) mass is 355 g/mol. The minimum Gasteiger partial charge on any atom is -0.503 e. The maximum atomic E-state index is 13.3. The lowest BCUT2D eigenvalue weighted by atomic mass is 10.2. The van der Waals surface area contributed by atoms with Crippen LogP contribution in [0, 0.1) is 5.82 Å². The quantitative estimate of drug-likeness (QED) is 0.819. The van der Waals surface area contributed by atoms with Crippen LogP contribution in [-0.4, -0.2) is 31.2 Å². The summed E-state index contributed by atoms with van der Waals surface area (Å²) in [5, 5.41) is 8.06. The molecule has 0 aromatic heterocycles. The largest absolute Gasteiger partial charge is 0.503 e. The smallest absolute Gasteiger partial charge is 0.307 e. The lowest BCUT2D eigenvalue weighted by molar-refractivity contribution is -0.117. The summed E-state index contributed by atoms with van der Waals surface area (Å²) in [5.41, 5.74) is -0.192. The van der Waals surface area contributed by atoms with Gasteiger partial charge in [0.25, 0.3) is 0 Å². The molecule has 0 radical (unpaired) electrons. The minimum atomic E-state index is -4.86. The molecule has 1 aromatic rings. The van der Waals surface area contributed by atoms with E-state index in [9.17, 15) is 26.6 Å². The Morgan fingerprint density at radius 1 is 1.42 bits per heavy atom. The molecular formula is C10H8BrF2NO4S. The Labute approximate surface area is 116 Å². The number of phenolic OH excluding ortho intramolecular Hbond substituents is 1. The Kier molecular flexibility index (Phi) is 3.52. The fraction of sp³-hybridized carbons (Fsp3) is 0.300. The lowest BCUT2D eigenvalue weighted by Crippen LogP contribution is -2.27. The standard InChI is InChI=1S/C10H8BrF2NO4S/c11-5-1-7(12)10(16)8(2-5)14-4-6(3-9(14)15)19(13,17)18/h1-2,6,16H,3-4H2. The van der Waals surface area contributed by atoms with Crippen molar-refractivity contribution in [2.24, 2.45) is 0 Å². The number of halogens is 3. The minimum absolute atomic E-state index is 0.192. The van der Waals surface area contributed by atoms with E-state index in [-0.39, 0.29) is 10.2 Å². The van der Waals surface area contributed by atoms with Gasteiger partial charge in [-0.25, -0.2) is 4.39 Å². The fourth-order valence-corrected chi connectivity index (χ4v) is 2.94. The van der Waals surface area contributed by atoms with E-state index in [1.165, 1.54) is 6.07 Å².